The molecule has 142 valence electrons. The Kier molecular flexibility index (Phi) is 5.07. The predicted molar refractivity (Wildman–Crippen MR) is 91.6 cm³/mol. The second kappa shape index (κ2) is 7.16. The number of carbonyl (C=O) groups excluding carboxylic acids is 1. The molecule has 0 fully saturated rings. The van der Waals surface area contributed by atoms with E-state index in [2.05, 4.69) is 0 Å². The summed E-state index contributed by atoms with van der Waals surface area (Å²) in [4.78, 5) is 12.4. The molecule has 10 heteroatoms. The quantitative estimate of drug-likeness (QED) is 0.754. The van der Waals surface area contributed by atoms with Gasteiger partial charge < -0.3 is 14.7 Å². The number of hydrogen-bond donors (Lipinski definition) is 1. The maximum absolute atomic E-state index is 13.7. The van der Waals surface area contributed by atoms with E-state index in [9.17, 15) is 22.0 Å². The number of nitrogens with two attached hydrogens (primary N) is 1. The largest absolute Gasteiger partial charge is 0.460 e. The second-order valence-corrected chi connectivity index (χ2v) is 7.64. The van der Waals surface area contributed by atoms with Crippen LogP contribution in [0.25, 0.3) is 0 Å². The van der Waals surface area contributed by atoms with Crippen LogP contribution in [-0.2, 0) is 29.6 Å². The van der Waals surface area contributed by atoms with Gasteiger partial charge in [0.25, 0.3) is 0 Å². The number of Topliss-reactive ketones (excluding diaryl/α,β-unsaturated/α-hetero) is 1. The minimum absolute atomic E-state index is 0.323. The number of benzene rings is 2. The fourth-order valence-corrected chi connectivity index (χ4v) is 3.62. The van der Waals surface area contributed by atoms with Gasteiger partial charge in [-0.25, -0.2) is 8.78 Å². The molecule has 6 nitrogen and oxygen atoms in total. The van der Waals surface area contributed by atoms with Gasteiger partial charge >= 0.3 is 10.1 Å². The highest BCUT2D eigenvalue weighted by Gasteiger charge is 2.39. The first-order valence-corrected chi connectivity index (χ1v) is 9.44. The Labute approximate surface area is 158 Å². The van der Waals surface area contributed by atoms with Gasteiger partial charge in [-0.05, 0) is 18.2 Å². The Morgan fingerprint density at radius 3 is 2.44 bits per heavy atom. The van der Waals surface area contributed by atoms with Crippen LogP contribution in [0.15, 0.2) is 54.1 Å². The van der Waals surface area contributed by atoms with Crippen molar-refractivity contribution >= 4 is 27.5 Å². The van der Waals surface area contributed by atoms with E-state index in [0.29, 0.717) is 16.7 Å². The highest BCUT2D eigenvalue weighted by atomic mass is 35.5. The molecule has 0 saturated heterocycles. The Morgan fingerprint density at radius 1 is 1.15 bits per heavy atom. The highest BCUT2D eigenvalue weighted by molar-refractivity contribution is 7.86. The lowest BCUT2D eigenvalue weighted by Gasteiger charge is -2.10. The highest BCUT2D eigenvalue weighted by Crippen LogP contribution is 2.33. The van der Waals surface area contributed by atoms with Crippen LogP contribution in [-0.4, -0.2) is 14.2 Å². The van der Waals surface area contributed by atoms with Crippen molar-refractivity contribution < 1.29 is 30.9 Å². The van der Waals surface area contributed by atoms with Gasteiger partial charge in [-0.3, -0.25) is 4.79 Å². The van der Waals surface area contributed by atoms with Crippen molar-refractivity contribution in [3.05, 3.63) is 81.9 Å². The van der Waals surface area contributed by atoms with Crippen molar-refractivity contribution in [3.8, 4) is 0 Å². The minimum atomic E-state index is -4.45. The van der Waals surface area contributed by atoms with E-state index in [1.54, 1.807) is 0 Å². The molecule has 0 aliphatic carbocycles. The standard InChI is InChI=1S/C17H12ClF2NO5S/c18-11-4-1-9(2-5-11)15-14(22)16(17(21)25-15)26-27(23,24)8-10-3-6-12(19)7-13(10)20/h1-7,15H,8,21H2. The Hall–Kier alpha value is -2.65. The summed E-state index contributed by atoms with van der Waals surface area (Å²) in [7, 11) is -4.45. The van der Waals surface area contributed by atoms with Crippen LogP contribution in [0.1, 0.15) is 17.2 Å². The molecule has 0 spiro atoms. The van der Waals surface area contributed by atoms with Crippen LogP contribution in [0.4, 0.5) is 8.78 Å². The molecule has 27 heavy (non-hydrogen) atoms. The third kappa shape index (κ3) is 4.20. The third-order valence-electron chi connectivity index (χ3n) is 3.66. The number of rotatable bonds is 5. The van der Waals surface area contributed by atoms with Gasteiger partial charge in [0.2, 0.25) is 17.4 Å². The summed E-state index contributed by atoms with van der Waals surface area (Å²) in [6, 6.07) is 8.49. The van der Waals surface area contributed by atoms with Crippen molar-refractivity contribution in [2.75, 3.05) is 0 Å². The monoisotopic (exact) mass is 415 g/mol. The topological polar surface area (TPSA) is 95.7 Å². The Balaban J connectivity index is 1.78. The molecule has 1 unspecified atom stereocenters. The SMILES string of the molecule is NC1=C(OS(=O)(=O)Cc2ccc(F)cc2F)C(=O)C(c2ccc(Cl)cc2)O1. The third-order valence-corrected chi connectivity index (χ3v) is 5.00. The molecular formula is C17H12ClF2NO5S. The van der Waals surface area contributed by atoms with Crippen LogP contribution >= 0.6 is 11.6 Å². The van der Waals surface area contributed by atoms with Gasteiger partial charge in [0.15, 0.2) is 6.10 Å². The first-order chi connectivity index (χ1) is 12.7. The predicted octanol–water partition coefficient (Wildman–Crippen LogP) is 2.93. The first-order valence-electron chi connectivity index (χ1n) is 7.48. The zero-order chi connectivity index (χ0) is 19.8. The number of hydrogen-bond acceptors (Lipinski definition) is 6. The van der Waals surface area contributed by atoms with E-state index in [-0.39, 0.29) is 5.56 Å². The average Bonchev–Trinajstić information content (AvgIpc) is 2.86. The Morgan fingerprint density at radius 2 is 1.81 bits per heavy atom. The summed E-state index contributed by atoms with van der Waals surface area (Å²) < 4.78 is 60.9. The molecule has 0 bridgehead atoms. The van der Waals surface area contributed by atoms with E-state index in [0.717, 1.165) is 12.1 Å². The van der Waals surface area contributed by atoms with Crippen molar-refractivity contribution in [1.29, 1.82) is 0 Å². The zero-order valence-corrected chi connectivity index (χ0v) is 15.1. The zero-order valence-electron chi connectivity index (χ0n) is 13.5. The van der Waals surface area contributed by atoms with Crippen LogP contribution in [0, 0.1) is 11.6 Å². The van der Waals surface area contributed by atoms with E-state index in [1.165, 1.54) is 24.3 Å². The maximum atomic E-state index is 13.7. The molecule has 1 aliphatic rings. The van der Waals surface area contributed by atoms with Gasteiger partial charge in [0.05, 0.1) is 0 Å². The first kappa shape index (κ1) is 19.1. The molecule has 0 aromatic heterocycles. The smallest absolute Gasteiger partial charge is 0.313 e. The van der Waals surface area contributed by atoms with E-state index < -0.39 is 51.0 Å². The van der Waals surface area contributed by atoms with E-state index >= 15 is 0 Å². The molecule has 3 rings (SSSR count). The number of ether oxygens (including phenoxy) is 1. The lowest BCUT2D eigenvalue weighted by molar-refractivity contribution is -0.123. The average molecular weight is 416 g/mol. The summed E-state index contributed by atoms with van der Waals surface area (Å²) in [6.45, 7) is 0. The summed E-state index contributed by atoms with van der Waals surface area (Å²) in [5.74, 6) is -4.85. The van der Waals surface area contributed by atoms with Gasteiger partial charge in [-0.15, -0.1) is 0 Å². The van der Waals surface area contributed by atoms with Crippen molar-refractivity contribution in [3.63, 3.8) is 0 Å². The van der Waals surface area contributed by atoms with Gasteiger partial charge in [0.1, 0.15) is 17.4 Å². The van der Waals surface area contributed by atoms with E-state index in [4.69, 9.17) is 26.3 Å². The molecule has 1 atom stereocenters. The summed E-state index contributed by atoms with van der Waals surface area (Å²) in [5.41, 5.74) is 5.65. The molecule has 0 amide bonds. The molecule has 1 aliphatic heterocycles. The lowest BCUT2D eigenvalue weighted by Crippen LogP contribution is -2.16. The second-order valence-electron chi connectivity index (χ2n) is 5.63. The fraction of sp³-hybridized carbons (Fsp3) is 0.118. The van der Waals surface area contributed by atoms with Crippen LogP contribution in [0.5, 0.6) is 0 Å². The lowest BCUT2D eigenvalue weighted by atomic mass is 10.1. The van der Waals surface area contributed by atoms with Crippen LogP contribution in [0.2, 0.25) is 5.02 Å². The molecule has 2 aromatic rings. The van der Waals surface area contributed by atoms with E-state index in [1.807, 2.05) is 0 Å². The van der Waals surface area contributed by atoms with Gasteiger partial charge in [0, 0.05) is 22.2 Å². The summed E-state index contributed by atoms with van der Waals surface area (Å²) in [5, 5.41) is 0.436. The normalized spacial score (nSPS) is 17.1. The van der Waals surface area contributed by atoms with Crippen molar-refractivity contribution in [2.45, 2.75) is 11.9 Å². The fourth-order valence-electron chi connectivity index (χ4n) is 2.40. The Bertz CT molecular complexity index is 1040. The van der Waals surface area contributed by atoms with Gasteiger partial charge in [-0.1, -0.05) is 29.8 Å². The number of ketones is 1. The number of halogens is 3. The summed E-state index contributed by atoms with van der Waals surface area (Å²) >= 11 is 5.78. The molecule has 0 saturated carbocycles. The van der Waals surface area contributed by atoms with Crippen LogP contribution < -0.4 is 5.73 Å². The summed E-state index contributed by atoms with van der Waals surface area (Å²) in [6.07, 6.45) is -1.19. The molecule has 1 heterocycles. The molecule has 0 radical (unpaired) electrons. The van der Waals surface area contributed by atoms with Crippen LogP contribution in [0.3, 0.4) is 0 Å². The molecular weight excluding hydrogens is 404 g/mol. The van der Waals surface area contributed by atoms with Gasteiger partial charge in [-0.2, -0.15) is 8.42 Å². The number of carbonyl (C=O) groups is 1. The minimum Gasteiger partial charge on any atom is -0.460 e. The molecule has 2 aromatic carbocycles. The molecule has 2 N–H and O–H groups in total. The maximum Gasteiger partial charge on any atom is 0.313 e. The van der Waals surface area contributed by atoms with Crippen molar-refractivity contribution in [1.82, 2.24) is 0 Å². The van der Waals surface area contributed by atoms with Crippen molar-refractivity contribution in [2.24, 2.45) is 5.73 Å².